The molecule has 0 aliphatic carbocycles. The number of aromatic amines is 4. The quantitative estimate of drug-likeness (QED) is 0.0273. The molecule has 7 N–H and O–H groups in total. The number of halogens is 16. The molecule has 0 spiro atoms. The normalized spacial score (nSPS) is 10.8. The largest absolute Gasteiger partial charge is 1.00 e. The zero-order valence-corrected chi connectivity index (χ0v) is 61.0. The van der Waals surface area contributed by atoms with Crippen LogP contribution < -0.4 is 67.3 Å². The van der Waals surface area contributed by atoms with Gasteiger partial charge in [-0.2, -0.15) is 9.59 Å². The molecule has 1 saturated heterocycles. The second kappa shape index (κ2) is 40.8. The van der Waals surface area contributed by atoms with Crippen LogP contribution in [-0.2, 0) is 25.4 Å². The molecule has 20 nitrogen and oxygen atoms in total. The SMILES string of the molecule is C.C1CCOC1.COc1ccc(CN(C)c2nc3c(F)ccc(Br)c3c(=O)[nH]2)cc1.Fc1ccc(Br)c2c(Cl)nc(Cl)nc12.Nc1cc(Br)ccc1F.O=C=O.O=P(Cl)(Cl)Cl.O=c1[nH]c(=O)c2c(Br)ccc(F)c2[nH]1.O=c1[nH]c(Cl)nc2c(F)ccc(Br)c12.[Na+].[OH-]. The van der Waals surface area contributed by atoms with Crippen LogP contribution in [0.5, 0.6) is 5.75 Å². The average Bonchev–Trinajstić information content (AvgIpc) is 1.31. The van der Waals surface area contributed by atoms with Gasteiger partial charge in [0.2, 0.25) is 16.5 Å². The number of anilines is 2. The third-order valence-corrected chi connectivity index (χ3v) is 14.4. The van der Waals surface area contributed by atoms with Crippen molar-refractivity contribution in [3.05, 3.63) is 205 Å². The van der Waals surface area contributed by atoms with E-state index in [0.29, 0.717) is 35.8 Å². The first-order chi connectivity index (χ1) is 41.4. The van der Waals surface area contributed by atoms with Crippen LogP contribution in [0.3, 0.4) is 0 Å². The fraction of sp³-hybridized carbons (Fsp3) is 0.151. The number of rotatable bonds is 4. The van der Waals surface area contributed by atoms with Crippen molar-refractivity contribution >= 4 is 215 Å². The van der Waals surface area contributed by atoms with Crippen molar-refractivity contribution in [3.8, 4) is 5.75 Å². The van der Waals surface area contributed by atoms with E-state index in [1.54, 1.807) is 31.2 Å². The van der Waals surface area contributed by atoms with Crippen LogP contribution in [0, 0.1) is 29.1 Å². The Hall–Kier alpha value is -4.40. The molecule has 1 fully saturated rings. The number of nitrogen functional groups attached to an aromatic ring is 1. The Morgan fingerprint density at radius 1 is 0.626 bits per heavy atom. The van der Waals surface area contributed by atoms with Gasteiger partial charge in [-0.05, 0) is 218 Å². The molecule has 6 aromatic carbocycles. The molecule has 0 amide bonds. The van der Waals surface area contributed by atoms with E-state index in [-0.39, 0.29) is 120 Å². The fourth-order valence-corrected chi connectivity index (χ4v) is 10.1. The molecular weight excluding hydrogens is 1700 g/mol. The van der Waals surface area contributed by atoms with E-state index in [4.69, 9.17) is 59.6 Å². The van der Waals surface area contributed by atoms with Crippen molar-refractivity contribution in [2.24, 2.45) is 0 Å². The molecular formula is C53H42Br5Cl6F5N10NaO10P. The number of methoxy groups -OCH3 is 1. The summed E-state index contributed by atoms with van der Waals surface area (Å²) in [5.74, 6) is -1.51. The molecule has 38 heteroatoms. The number of ether oxygens (including phenoxy) is 2. The summed E-state index contributed by atoms with van der Waals surface area (Å²) in [5, 5.41) is -2.39. The second-order valence-electron chi connectivity index (χ2n) is 16.6. The minimum Gasteiger partial charge on any atom is -0.870 e. The summed E-state index contributed by atoms with van der Waals surface area (Å²) in [7, 11) is 3.39. The van der Waals surface area contributed by atoms with Gasteiger partial charge in [0, 0.05) is 49.2 Å². The van der Waals surface area contributed by atoms with Crippen LogP contribution in [0.25, 0.3) is 43.6 Å². The molecule has 11 rings (SSSR count). The maximum Gasteiger partial charge on any atom is 1.00 e. The molecule has 0 atom stereocenters. The Morgan fingerprint density at radius 2 is 1.05 bits per heavy atom. The number of nitrogens with two attached hydrogens (primary N) is 1. The fourth-order valence-electron chi connectivity index (χ4n) is 6.91. The molecule has 91 heavy (non-hydrogen) atoms. The van der Waals surface area contributed by atoms with Gasteiger partial charge < -0.3 is 30.6 Å². The van der Waals surface area contributed by atoms with Crippen molar-refractivity contribution in [2.75, 3.05) is 38.0 Å². The van der Waals surface area contributed by atoms with Crippen LogP contribution in [0.15, 0.2) is 133 Å². The van der Waals surface area contributed by atoms with Crippen molar-refractivity contribution < 1.29 is 80.6 Å². The third kappa shape index (κ3) is 26.7. The molecule has 1 aliphatic heterocycles. The van der Waals surface area contributed by atoms with Gasteiger partial charge in [0.25, 0.3) is 16.7 Å². The van der Waals surface area contributed by atoms with Gasteiger partial charge in [0.15, 0.2) is 0 Å². The molecule has 10 aromatic rings. The molecule has 4 aromatic heterocycles. The predicted molar refractivity (Wildman–Crippen MR) is 358 cm³/mol. The predicted octanol–water partition coefficient (Wildman–Crippen LogP) is 13.6. The Morgan fingerprint density at radius 3 is 1.52 bits per heavy atom. The van der Waals surface area contributed by atoms with Crippen molar-refractivity contribution in [1.82, 2.24) is 39.9 Å². The Kier molecular flexibility index (Phi) is 37.9. The van der Waals surface area contributed by atoms with Gasteiger partial charge in [0.05, 0.1) is 39.9 Å². The monoisotopic (exact) mass is 1730 g/mol. The van der Waals surface area contributed by atoms with E-state index >= 15 is 0 Å². The maximum atomic E-state index is 14.0. The van der Waals surface area contributed by atoms with Crippen molar-refractivity contribution in [1.29, 1.82) is 0 Å². The molecule has 5 heterocycles. The summed E-state index contributed by atoms with van der Waals surface area (Å²) in [6.45, 7) is 2.51. The van der Waals surface area contributed by atoms with E-state index in [1.807, 2.05) is 29.2 Å². The van der Waals surface area contributed by atoms with Gasteiger partial charge in [-0.3, -0.25) is 33.9 Å². The molecule has 0 bridgehead atoms. The van der Waals surface area contributed by atoms with Crippen LogP contribution in [-0.4, -0.2) is 78.9 Å². The number of hydrogen-bond donors (Lipinski definition) is 5. The summed E-state index contributed by atoms with van der Waals surface area (Å²) in [6.07, 6.45) is 2.81. The molecule has 0 saturated carbocycles. The third-order valence-electron chi connectivity index (χ3n) is 10.7. The number of benzene rings is 6. The summed E-state index contributed by atoms with van der Waals surface area (Å²) in [5.41, 5.74) is 4.24. The second-order valence-corrected chi connectivity index (χ2v) is 28.7. The smallest absolute Gasteiger partial charge is 0.870 e. The Balaban J connectivity index is 0.000000550. The van der Waals surface area contributed by atoms with E-state index in [1.165, 1.54) is 67.4 Å². The van der Waals surface area contributed by atoms with Gasteiger partial charge in [-0.1, -0.05) is 47.1 Å². The summed E-state index contributed by atoms with van der Waals surface area (Å²) in [4.78, 5) is 88.5. The van der Waals surface area contributed by atoms with Gasteiger partial charge in [0.1, 0.15) is 56.5 Å². The number of aromatic nitrogens is 8. The first-order valence-corrected chi connectivity index (χ1v) is 33.2. The number of carbonyl (C=O) groups excluding carboxylic acids is 2. The topological polar surface area (TPSA) is 312 Å². The van der Waals surface area contributed by atoms with Gasteiger partial charge in [-0.15, -0.1) is 0 Å². The van der Waals surface area contributed by atoms with Gasteiger partial charge >= 0.3 is 46.6 Å². The number of nitrogens with zero attached hydrogens (tertiary/aromatic N) is 5. The van der Waals surface area contributed by atoms with E-state index < -0.39 is 45.3 Å². The zero-order chi connectivity index (χ0) is 65.7. The first kappa shape index (κ1) is 84.6. The summed E-state index contributed by atoms with van der Waals surface area (Å²) >= 11 is 46.6. The van der Waals surface area contributed by atoms with Crippen molar-refractivity contribution in [3.63, 3.8) is 0 Å². The molecule has 0 radical (unpaired) electrons. The van der Waals surface area contributed by atoms with Crippen LogP contribution in [0.2, 0.25) is 15.7 Å². The minimum atomic E-state index is -3.22. The molecule has 0 unspecified atom stereocenters. The summed E-state index contributed by atoms with van der Waals surface area (Å²) in [6, 6.07) is 22.9. The van der Waals surface area contributed by atoms with E-state index in [2.05, 4.69) is 148 Å². The minimum absolute atomic E-state index is 0. The zero-order valence-electron chi connectivity index (χ0n) is 45.6. The average molecular weight is 1740 g/mol. The van der Waals surface area contributed by atoms with Crippen LogP contribution >= 0.6 is 153 Å². The van der Waals surface area contributed by atoms with Gasteiger partial charge in [-0.25, -0.2) is 46.7 Å². The number of H-pyrrole nitrogens is 4. The van der Waals surface area contributed by atoms with Crippen molar-refractivity contribution in [2.45, 2.75) is 26.8 Å². The number of hydrogen-bond acceptors (Lipinski definition) is 16. The standard InChI is InChI=1S/C17H15BrFN3O2.C8H2BrCl2FN2.C8H3BrClFN2O.C8H4BrFN2O2.C6H5BrFN.C4H8O.CO2.CH4.Cl3OP.Na.H2O/c1-22(9-10-3-5-11(24-2)6-4-10)17-20-15-13(19)8-7-12(18)14(15)16(23)21-17;9-3-1-2-4(12)6-5(3)7(10)14-8(11)13-6;9-3-1-2-4(11)6-5(3)7(14)13-8(10)12-6;9-3-1-2-4(10)6-5(3)7(13)12-8(14)11-6;7-4-1-2-5(8)6(9)3-4;1-2-4-5-3-1;2-1-3;;1-5(2,3)4;;/h3-8H,9H2,1-2H3,(H,20,21,23);1-2H;1-2H,(H,12,13,14);1-2H,(H2,11,12,13,14);1-3H,9H2;1-4H2;;1H4;;;1H2/q;;;;;;;;;+1;/p-1. The van der Waals surface area contributed by atoms with E-state index in [9.17, 15) is 45.7 Å². The Labute approximate surface area is 604 Å². The maximum absolute atomic E-state index is 14.0. The Bertz CT molecular complexity index is 4440. The van der Waals surface area contributed by atoms with Crippen LogP contribution in [0.1, 0.15) is 25.8 Å². The first-order valence-electron chi connectivity index (χ1n) is 23.7. The number of nitrogens with one attached hydrogen (secondary N) is 4. The van der Waals surface area contributed by atoms with E-state index in [0.717, 1.165) is 29.0 Å². The molecule has 482 valence electrons. The molecule has 1 aliphatic rings. The van der Waals surface area contributed by atoms with Crippen LogP contribution in [0.4, 0.5) is 33.6 Å². The number of fused-ring (bicyclic) bond motifs is 4. The summed E-state index contributed by atoms with van der Waals surface area (Å²) < 4.78 is 88.5.